The van der Waals surface area contributed by atoms with Crippen molar-refractivity contribution in [1.29, 1.82) is 0 Å². The number of carbonyl (C=O) groups excluding carboxylic acids is 1. The molecule has 144 valence electrons. The normalized spacial score (nSPS) is 44.0. The van der Waals surface area contributed by atoms with Gasteiger partial charge in [-0.25, -0.2) is 4.79 Å². The number of carbonyl (C=O) groups is 1. The molecule has 5 heteroatoms. The van der Waals surface area contributed by atoms with Crippen LogP contribution >= 0.6 is 0 Å². The summed E-state index contributed by atoms with van der Waals surface area (Å²) in [7, 11) is 0. The van der Waals surface area contributed by atoms with Crippen LogP contribution in [-0.2, 0) is 19.0 Å². The van der Waals surface area contributed by atoms with Crippen molar-refractivity contribution in [2.75, 3.05) is 20.0 Å². The van der Waals surface area contributed by atoms with Crippen LogP contribution in [0.2, 0.25) is 0 Å². The Labute approximate surface area is 155 Å². The van der Waals surface area contributed by atoms with Gasteiger partial charge in [0.2, 0.25) is 0 Å². The Morgan fingerprint density at radius 1 is 1.35 bits per heavy atom. The highest BCUT2D eigenvalue weighted by Gasteiger charge is 2.59. The van der Waals surface area contributed by atoms with E-state index in [0.717, 1.165) is 32.3 Å². The Morgan fingerprint density at radius 3 is 2.88 bits per heavy atom. The molecule has 1 unspecified atom stereocenters. The quantitative estimate of drug-likeness (QED) is 0.618. The lowest BCUT2D eigenvalue weighted by Crippen LogP contribution is -2.60. The number of fused-ring (bicyclic) bond motifs is 3. The van der Waals surface area contributed by atoms with Gasteiger partial charge in [0.25, 0.3) is 0 Å². The van der Waals surface area contributed by atoms with Gasteiger partial charge in [0.1, 0.15) is 13.4 Å². The minimum absolute atomic E-state index is 0.000704. The second-order valence-corrected chi connectivity index (χ2v) is 8.98. The molecule has 0 bridgehead atoms. The Bertz CT molecular complexity index is 640. The zero-order chi connectivity index (χ0) is 18.5. The second-order valence-electron chi connectivity index (χ2n) is 8.98. The number of aliphatic hydroxyl groups is 1. The van der Waals surface area contributed by atoms with E-state index in [0.29, 0.717) is 24.7 Å². The number of ether oxygens (including phenoxy) is 3. The molecule has 6 atom stereocenters. The first-order valence-corrected chi connectivity index (χ1v) is 9.78. The predicted octanol–water partition coefficient (Wildman–Crippen LogP) is 2.98. The van der Waals surface area contributed by atoms with E-state index in [1.54, 1.807) is 6.08 Å². The van der Waals surface area contributed by atoms with E-state index in [1.807, 2.05) is 0 Å². The first kappa shape index (κ1) is 18.2. The van der Waals surface area contributed by atoms with Crippen LogP contribution in [0.25, 0.3) is 0 Å². The number of aliphatic hydroxyl groups excluding tert-OH is 1. The lowest BCUT2D eigenvalue weighted by atomic mass is 9.46. The molecule has 26 heavy (non-hydrogen) atoms. The number of esters is 1. The molecule has 2 heterocycles. The average molecular weight is 362 g/mol. The monoisotopic (exact) mass is 362 g/mol. The fourth-order valence-corrected chi connectivity index (χ4v) is 6.26. The molecule has 4 aliphatic rings. The van der Waals surface area contributed by atoms with Gasteiger partial charge in [0.15, 0.2) is 0 Å². The summed E-state index contributed by atoms with van der Waals surface area (Å²) in [5.41, 5.74) is 1.65. The van der Waals surface area contributed by atoms with Crippen molar-refractivity contribution in [1.82, 2.24) is 0 Å². The minimum atomic E-state index is -0.785. The van der Waals surface area contributed by atoms with Crippen LogP contribution in [0.15, 0.2) is 23.8 Å². The molecule has 0 radical (unpaired) electrons. The van der Waals surface area contributed by atoms with Crippen molar-refractivity contribution in [3.63, 3.8) is 0 Å². The first-order valence-electron chi connectivity index (χ1n) is 9.78. The van der Waals surface area contributed by atoms with E-state index in [4.69, 9.17) is 14.2 Å². The summed E-state index contributed by atoms with van der Waals surface area (Å²) in [5, 5.41) is 10.7. The van der Waals surface area contributed by atoms with Gasteiger partial charge in [0.05, 0.1) is 24.4 Å². The highest BCUT2D eigenvalue weighted by Crippen LogP contribution is 2.63. The van der Waals surface area contributed by atoms with Gasteiger partial charge in [-0.2, -0.15) is 0 Å². The van der Waals surface area contributed by atoms with Crippen LogP contribution in [0.4, 0.5) is 0 Å². The number of cyclic esters (lactones) is 1. The molecule has 0 aromatic carbocycles. The summed E-state index contributed by atoms with van der Waals surface area (Å²) < 4.78 is 16.6. The van der Waals surface area contributed by atoms with Gasteiger partial charge in [-0.15, -0.1) is 0 Å². The van der Waals surface area contributed by atoms with E-state index in [1.165, 1.54) is 5.57 Å². The van der Waals surface area contributed by atoms with Gasteiger partial charge in [0, 0.05) is 5.41 Å². The SMILES string of the molecule is C=C1CC[C@@H]2[C@]3(C)COCO[C@@H]3CC[C@@]2(C)[C@@H]1CC(O)C1=CCOC1=O. The third kappa shape index (κ3) is 2.67. The molecule has 0 aromatic rings. The zero-order valence-electron chi connectivity index (χ0n) is 15.8. The molecule has 1 saturated heterocycles. The van der Waals surface area contributed by atoms with Crippen molar-refractivity contribution in [2.45, 2.75) is 58.2 Å². The molecule has 2 aliphatic carbocycles. The molecule has 0 aromatic heterocycles. The molecular formula is C21H30O5. The number of hydrogen-bond acceptors (Lipinski definition) is 5. The molecule has 2 aliphatic heterocycles. The summed E-state index contributed by atoms with van der Waals surface area (Å²) >= 11 is 0. The van der Waals surface area contributed by atoms with Crippen LogP contribution in [0, 0.1) is 22.7 Å². The first-order chi connectivity index (χ1) is 12.4. The Morgan fingerprint density at radius 2 is 2.15 bits per heavy atom. The van der Waals surface area contributed by atoms with E-state index >= 15 is 0 Å². The fraction of sp³-hybridized carbons (Fsp3) is 0.762. The molecule has 4 rings (SSSR count). The Kier molecular flexibility index (Phi) is 4.53. The number of allylic oxidation sites excluding steroid dienone is 1. The molecular weight excluding hydrogens is 332 g/mol. The van der Waals surface area contributed by atoms with Crippen LogP contribution in [0.5, 0.6) is 0 Å². The van der Waals surface area contributed by atoms with Crippen LogP contribution in [-0.4, -0.2) is 43.3 Å². The van der Waals surface area contributed by atoms with E-state index in [9.17, 15) is 9.90 Å². The van der Waals surface area contributed by atoms with Gasteiger partial charge in [-0.05, 0) is 55.4 Å². The van der Waals surface area contributed by atoms with E-state index in [-0.39, 0.29) is 35.4 Å². The molecule has 0 amide bonds. The molecule has 1 N–H and O–H groups in total. The number of rotatable bonds is 3. The maximum absolute atomic E-state index is 11.8. The van der Waals surface area contributed by atoms with Gasteiger partial charge >= 0.3 is 5.97 Å². The van der Waals surface area contributed by atoms with Crippen molar-refractivity contribution in [3.05, 3.63) is 23.8 Å². The van der Waals surface area contributed by atoms with Gasteiger partial charge in [-0.1, -0.05) is 26.0 Å². The van der Waals surface area contributed by atoms with Crippen LogP contribution in [0.1, 0.15) is 46.0 Å². The maximum Gasteiger partial charge on any atom is 0.336 e. The van der Waals surface area contributed by atoms with Crippen molar-refractivity contribution in [2.24, 2.45) is 22.7 Å². The summed E-state index contributed by atoms with van der Waals surface area (Å²) in [5.74, 6) is 0.261. The topological polar surface area (TPSA) is 65.0 Å². The maximum atomic E-state index is 11.8. The molecule has 3 fully saturated rings. The Balaban J connectivity index is 1.60. The predicted molar refractivity (Wildman–Crippen MR) is 96.2 cm³/mol. The van der Waals surface area contributed by atoms with Gasteiger partial charge < -0.3 is 19.3 Å². The summed E-state index contributed by atoms with van der Waals surface area (Å²) in [6.07, 6.45) is 5.82. The summed E-state index contributed by atoms with van der Waals surface area (Å²) in [6, 6.07) is 0. The van der Waals surface area contributed by atoms with E-state index < -0.39 is 6.10 Å². The minimum Gasteiger partial charge on any atom is -0.458 e. The zero-order valence-corrected chi connectivity index (χ0v) is 15.8. The summed E-state index contributed by atoms with van der Waals surface area (Å²) in [4.78, 5) is 11.8. The lowest BCUT2D eigenvalue weighted by molar-refractivity contribution is -0.260. The van der Waals surface area contributed by atoms with Crippen molar-refractivity contribution >= 4 is 5.97 Å². The largest absolute Gasteiger partial charge is 0.458 e. The summed E-state index contributed by atoms with van der Waals surface area (Å²) in [6.45, 7) is 10.4. The highest BCUT2D eigenvalue weighted by molar-refractivity contribution is 5.91. The molecule has 0 spiro atoms. The van der Waals surface area contributed by atoms with Gasteiger partial charge in [-0.3, -0.25) is 0 Å². The molecule has 5 nitrogen and oxygen atoms in total. The Hall–Kier alpha value is -1.17. The van der Waals surface area contributed by atoms with Crippen molar-refractivity contribution < 1.29 is 24.1 Å². The van der Waals surface area contributed by atoms with Crippen LogP contribution < -0.4 is 0 Å². The van der Waals surface area contributed by atoms with Crippen LogP contribution in [0.3, 0.4) is 0 Å². The number of hydrogen-bond donors (Lipinski definition) is 1. The smallest absolute Gasteiger partial charge is 0.336 e. The second kappa shape index (κ2) is 6.47. The average Bonchev–Trinajstić information content (AvgIpc) is 3.03. The third-order valence-electron chi connectivity index (χ3n) is 7.65. The third-order valence-corrected chi connectivity index (χ3v) is 7.65. The molecule has 2 saturated carbocycles. The standard InChI is InChI=1S/C21H30O5/c1-13-4-5-17-20(2,8-6-18-21(17,3)11-24-12-26-18)15(13)10-16(22)14-7-9-25-19(14)23/h7,15-18,22H,1,4-6,8-12H2,2-3H3/t15-,16?,17+,18-,20+,21+/m1/s1. The van der Waals surface area contributed by atoms with E-state index in [2.05, 4.69) is 20.4 Å². The fourth-order valence-electron chi connectivity index (χ4n) is 6.26. The van der Waals surface area contributed by atoms with Crippen molar-refractivity contribution in [3.8, 4) is 0 Å². The lowest BCUT2D eigenvalue weighted by Gasteiger charge is -2.62. The highest BCUT2D eigenvalue weighted by atomic mass is 16.7.